The lowest BCUT2D eigenvalue weighted by molar-refractivity contribution is -0.138. The molecule has 0 bridgehead atoms. The van der Waals surface area contributed by atoms with Gasteiger partial charge in [0.15, 0.2) is 23.1 Å². The minimum absolute atomic E-state index is 0.0982. The van der Waals surface area contributed by atoms with Gasteiger partial charge in [-0.3, -0.25) is 29.2 Å². The molecule has 1 amide bonds. The Kier molecular flexibility index (Phi) is 21.0. The lowest BCUT2D eigenvalue weighted by atomic mass is 10.1. The quantitative estimate of drug-likeness (QED) is 0.0562. The van der Waals surface area contributed by atoms with Crippen LogP contribution >= 0.6 is 0 Å². The minimum Gasteiger partial charge on any atom is -0.444 e. The molecule has 0 saturated carbocycles. The highest BCUT2D eigenvalue weighted by Crippen LogP contribution is 2.39. The van der Waals surface area contributed by atoms with E-state index in [1.165, 1.54) is 42.7 Å². The van der Waals surface area contributed by atoms with Crippen LogP contribution in [-0.4, -0.2) is 83.1 Å². The highest BCUT2D eigenvalue weighted by atomic mass is 32.2. The first-order valence-corrected chi connectivity index (χ1v) is 36.0. The van der Waals surface area contributed by atoms with Crippen molar-refractivity contribution < 1.29 is 57.1 Å². The number of oxazole rings is 1. The van der Waals surface area contributed by atoms with Gasteiger partial charge in [0, 0.05) is 139 Å². The zero-order valence-electron chi connectivity index (χ0n) is 60.7. The van der Waals surface area contributed by atoms with Crippen LogP contribution in [0.5, 0.6) is 0 Å². The molecule has 23 nitrogen and oxygen atoms in total. The van der Waals surface area contributed by atoms with E-state index in [0.717, 1.165) is 92.4 Å². The molecule has 0 radical (unpaired) electrons. The number of nitrogens with zero attached hydrogens (tertiary/aromatic N) is 14. The minimum atomic E-state index is -4.60. The zero-order valence-corrected chi connectivity index (χ0v) is 61.5. The molecule has 10 aromatic heterocycles. The molecule has 0 aliphatic rings. The number of pyridine rings is 3. The predicted molar refractivity (Wildman–Crippen MR) is 414 cm³/mol. The summed E-state index contributed by atoms with van der Waals surface area (Å²) in [5.74, 6) is 2.62. The third-order valence-electron chi connectivity index (χ3n) is 17.8. The third-order valence-corrected chi connectivity index (χ3v) is 19.2. The summed E-state index contributed by atoms with van der Waals surface area (Å²) in [5.41, 5.74) is 7.35. The maximum atomic E-state index is 13.2. The van der Waals surface area contributed by atoms with Gasteiger partial charge in [-0.2, -0.15) is 44.6 Å². The Balaban J connectivity index is 0.000000142. The Morgan fingerprint density at radius 1 is 0.447 bits per heavy atom. The molecule has 33 heteroatoms. The SMILES string of the molecule is Cc1ccc(-c2nc(-c3cccc(C(F)(F)F)c3)co2)cc1Nc1nc(-c2cccnc2)nc2c1ccn2C.Cc1ccc(NC(=O)c2cccc(C(F)(F)F)c2)cc1Nc1nc(-c2cccnc2)nc2nn(C)cc12.Cc1ccc(S(=O)(=O)Nc2cccc(C(F)(F)F)c2)cc1Nc1nc(-c2cccnc2)nc2c1ccn2C. The number of rotatable bonds is 16. The molecular formula is C81H62F9N19O4S. The van der Waals surface area contributed by atoms with Crippen LogP contribution in [0.25, 0.3) is 90.0 Å². The van der Waals surface area contributed by atoms with Crippen LogP contribution in [0.3, 0.4) is 0 Å². The van der Waals surface area contributed by atoms with Crippen LogP contribution in [0.15, 0.2) is 247 Å². The van der Waals surface area contributed by atoms with Gasteiger partial charge in [-0.15, -0.1) is 0 Å². The second-order valence-corrected chi connectivity index (χ2v) is 27.7. The van der Waals surface area contributed by atoms with E-state index in [1.807, 2.05) is 104 Å². The van der Waals surface area contributed by atoms with Crippen LogP contribution in [0, 0.1) is 20.8 Å². The number of anilines is 8. The highest BCUT2D eigenvalue weighted by molar-refractivity contribution is 7.92. The van der Waals surface area contributed by atoms with Gasteiger partial charge in [0.25, 0.3) is 15.9 Å². The molecule has 0 saturated heterocycles. The van der Waals surface area contributed by atoms with Crippen LogP contribution < -0.4 is 26.0 Å². The van der Waals surface area contributed by atoms with Crippen LogP contribution in [0.2, 0.25) is 0 Å². The average Bonchev–Trinajstić information content (AvgIpc) is 1.69. The second-order valence-electron chi connectivity index (χ2n) is 26.0. The number of carbonyl (C=O) groups excluding carboxylic acids is 1. The number of carbonyl (C=O) groups is 1. The van der Waals surface area contributed by atoms with Crippen LogP contribution in [0.1, 0.15) is 43.7 Å². The predicted octanol–water partition coefficient (Wildman–Crippen LogP) is 19.1. The number of aryl methyl sites for hydroxylation is 6. The number of fused-ring (bicyclic) bond motifs is 3. The fraction of sp³-hybridized carbons (Fsp3) is 0.111. The summed E-state index contributed by atoms with van der Waals surface area (Å²) in [4.78, 5) is 57.5. The number of hydrogen-bond donors (Lipinski definition) is 5. The summed E-state index contributed by atoms with van der Waals surface area (Å²) in [5, 5.41) is 19.3. The monoisotopic (exact) mass is 1570 g/mol. The smallest absolute Gasteiger partial charge is 0.416 e. The Bertz CT molecular complexity index is 6400. The first kappa shape index (κ1) is 76.5. The van der Waals surface area contributed by atoms with Crippen molar-refractivity contribution >= 4 is 94.9 Å². The Morgan fingerprint density at radius 2 is 0.930 bits per heavy atom. The molecule has 0 fully saturated rings. The van der Waals surface area contributed by atoms with Gasteiger partial charge in [-0.25, -0.2) is 43.3 Å². The summed E-state index contributed by atoms with van der Waals surface area (Å²) in [6, 6.07) is 43.2. The van der Waals surface area contributed by atoms with Gasteiger partial charge >= 0.3 is 18.5 Å². The summed E-state index contributed by atoms with van der Waals surface area (Å²) in [6.07, 6.45) is 3.33. The van der Waals surface area contributed by atoms with E-state index in [1.54, 1.807) is 104 Å². The van der Waals surface area contributed by atoms with Crippen molar-refractivity contribution in [2.45, 2.75) is 44.2 Å². The highest BCUT2D eigenvalue weighted by Gasteiger charge is 2.34. The number of hydrogen-bond acceptors (Lipinski definition) is 18. The van der Waals surface area contributed by atoms with Crippen LogP contribution in [0.4, 0.5) is 85.4 Å². The molecular weight excluding hydrogens is 1510 g/mol. The summed E-state index contributed by atoms with van der Waals surface area (Å²) in [6.45, 7) is 5.63. The molecule has 0 spiro atoms. The van der Waals surface area contributed by atoms with Crippen molar-refractivity contribution in [2.75, 3.05) is 26.0 Å². The van der Waals surface area contributed by atoms with Gasteiger partial charge in [0.1, 0.15) is 40.7 Å². The summed E-state index contributed by atoms with van der Waals surface area (Å²) < 4.78 is 157. The molecule has 6 aromatic carbocycles. The lowest BCUT2D eigenvalue weighted by Gasteiger charge is -2.15. The Labute approximate surface area is 642 Å². The van der Waals surface area contributed by atoms with E-state index in [0.29, 0.717) is 91.1 Å². The first-order valence-electron chi connectivity index (χ1n) is 34.5. The van der Waals surface area contributed by atoms with Crippen molar-refractivity contribution in [2.24, 2.45) is 21.1 Å². The first-order chi connectivity index (χ1) is 54.4. The standard InChI is InChI=1S/C29H21F3N6O.C26H20F3N7O.C26H21F3N6O2S/c1-17-8-9-19(28-35-24(16-39-28)18-5-3-7-21(13-18)29(30,31)32)14-23(17)34-26-22-10-12-38(2)27(22)37-25(36-26)20-6-4-11-33-15-20;1-15-8-9-19(31-25(37)16-5-3-7-18(11-16)26(27,28)29)12-21(15)32-23-20-14-36(2)35-24(20)34-22(33-23)17-6-4-10-30-13-17;1-16-8-9-20(38(36,37)34-19-7-3-6-18(13-19)26(27,28)29)14-22(16)31-24-21-10-12-35(2)25(21)33-23(32-24)17-5-4-11-30-15-17/h3-16H,1-2H3,(H,34,36,37);3-14H,1-2H3,(H,31,37)(H,32,33,34,35);3-15,34H,1-2H3,(H,31,32,33). The molecule has 114 heavy (non-hydrogen) atoms. The second kappa shape index (κ2) is 31.3. The van der Waals surface area contributed by atoms with Gasteiger partial charge in [-0.1, -0.05) is 42.5 Å². The maximum Gasteiger partial charge on any atom is 0.416 e. The average molecular weight is 1570 g/mol. The molecule has 0 atom stereocenters. The number of benzene rings is 6. The van der Waals surface area contributed by atoms with Gasteiger partial charge in [0.05, 0.1) is 37.7 Å². The zero-order chi connectivity index (χ0) is 80.4. The fourth-order valence-corrected chi connectivity index (χ4v) is 12.9. The number of alkyl halides is 9. The van der Waals surface area contributed by atoms with E-state index in [-0.39, 0.29) is 22.0 Å². The van der Waals surface area contributed by atoms with Gasteiger partial charge in [0.2, 0.25) is 5.89 Å². The van der Waals surface area contributed by atoms with Crippen molar-refractivity contribution in [3.63, 3.8) is 0 Å². The third kappa shape index (κ3) is 17.2. The number of nitrogens with one attached hydrogen (secondary N) is 5. The van der Waals surface area contributed by atoms with Crippen molar-refractivity contribution in [1.82, 2.24) is 68.8 Å². The summed E-state index contributed by atoms with van der Waals surface area (Å²) in [7, 11) is 1.35. The van der Waals surface area contributed by atoms with Gasteiger partial charge < -0.3 is 34.8 Å². The topological polar surface area (TPSA) is 281 Å². The molecule has 16 rings (SSSR count). The lowest BCUT2D eigenvalue weighted by Crippen LogP contribution is -2.14. The molecule has 16 aromatic rings. The number of aromatic nitrogens is 14. The largest absolute Gasteiger partial charge is 0.444 e. The molecule has 574 valence electrons. The molecule has 0 aliphatic carbocycles. The number of halogens is 9. The van der Waals surface area contributed by atoms with E-state index in [9.17, 15) is 52.7 Å². The number of sulfonamides is 1. The molecule has 10 heterocycles. The van der Waals surface area contributed by atoms with Crippen molar-refractivity contribution in [3.8, 4) is 56.9 Å². The van der Waals surface area contributed by atoms with E-state index in [2.05, 4.69) is 71.0 Å². The maximum absolute atomic E-state index is 13.2. The normalized spacial score (nSPS) is 11.7. The molecule has 0 aliphatic heterocycles. The van der Waals surface area contributed by atoms with Crippen molar-refractivity contribution in [3.05, 3.63) is 277 Å². The molecule has 0 unspecified atom stereocenters. The van der Waals surface area contributed by atoms with E-state index >= 15 is 0 Å². The van der Waals surface area contributed by atoms with Gasteiger partial charge in [-0.05, 0) is 171 Å². The molecule has 5 N–H and O–H groups in total. The van der Waals surface area contributed by atoms with Crippen molar-refractivity contribution in [1.29, 1.82) is 0 Å². The van der Waals surface area contributed by atoms with E-state index < -0.39 is 51.1 Å². The Morgan fingerprint density at radius 3 is 1.48 bits per heavy atom. The van der Waals surface area contributed by atoms with Crippen LogP contribution in [-0.2, 0) is 49.7 Å². The Hall–Kier alpha value is -14.2. The summed E-state index contributed by atoms with van der Waals surface area (Å²) >= 11 is 0. The number of amides is 1. The fourth-order valence-electron chi connectivity index (χ4n) is 11.9. The van der Waals surface area contributed by atoms with E-state index in [4.69, 9.17) is 14.4 Å².